The molecule has 3 N–H and O–H groups in total. The van der Waals surface area contributed by atoms with Gasteiger partial charge in [-0.25, -0.2) is 4.98 Å². The summed E-state index contributed by atoms with van der Waals surface area (Å²) in [6, 6.07) is 0. The fraction of sp³-hybridized carbons (Fsp3) is 0.600. The molecule has 16 heavy (non-hydrogen) atoms. The minimum absolute atomic E-state index is 0.207. The number of nitrogens with zero attached hydrogens (tertiary/aromatic N) is 2. The number of nitrogens with two attached hydrogens (primary N) is 1. The number of amides is 1. The summed E-state index contributed by atoms with van der Waals surface area (Å²) in [6.45, 7) is 6.97. The molecule has 5 nitrogen and oxygen atoms in total. The molecule has 0 aliphatic carbocycles. The average Bonchev–Trinajstić information content (AvgIpc) is 2.68. The van der Waals surface area contributed by atoms with E-state index in [-0.39, 0.29) is 12.5 Å². The Bertz CT molecular complexity index is 335. The SMILES string of the molecule is CCN(CC)c1ncc(CNCC(N)=O)s1. The first kappa shape index (κ1) is 12.9. The van der Waals surface area contributed by atoms with Crippen LogP contribution in [-0.4, -0.2) is 30.5 Å². The van der Waals surface area contributed by atoms with Crippen LogP contribution in [0.25, 0.3) is 0 Å². The number of hydrogen-bond donors (Lipinski definition) is 2. The maximum absolute atomic E-state index is 10.5. The third-order valence-electron chi connectivity index (χ3n) is 2.17. The molecule has 0 spiro atoms. The van der Waals surface area contributed by atoms with E-state index in [0.29, 0.717) is 6.54 Å². The van der Waals surface area contributed by atoms with Crippen LogP contribution in [0, 0.1) is 0 Å². The fourth-order valence-corrected chi connectivity index (χ4v) is 2.33. The largest absolute Gasteiger partial charge is 0.369 e. The summed E-state index contributed by atoms with van der Waals surface area (Å²) in [5.74, 6) is -0.339. The molecule has 0 aliphatic heterocycles. The second-order valence-electron chi connectivity index (χ2n) is 3.35. The molecule has 0 atom stereocenters. The zero-order valence-corrected chi connectivity index (χ0v) is 10.5. The molecule has 1 amide bonds. The summed E-state index contributed by atoms with van der Waals surface area (Å²) < 4.78 is 0. The molecular formula is C10H18N4OS. The van der Waals surface area contributed by atoms with Crippen LogP contribution >= 0.6 is 11.3 Å². The molecule has 0 aromatic carbocycles. The standard InChI is InChI=1S/C10H18N4OS/c1-3-14(4-2)10-13-6-8(16-10)5-12-7-9(11)15/h6,12H,3-5,7H2,1-2H3,(H2,11,15). The van der Waals surface area contributed by atoms with E-state index >= 15 is 0 Å². The van der Waals surface area contributed by atoms with Gasteiger partial charge in [-0.1, -0.05) is 0 Å². The second-order valence-corrected chi connectivity index (χ2v) is 4.44. The van der Waals surface area contributed by atoms with Crippen molar-refractivity contribution in [3.63, 3.8) is 0 Å². The summed E-state index contributed by atoms with van der Waals surface area (Å²) in [7, 11) is 0. The monoisotopic (exact) mass is 242 g/mol. The number of rotatable bonds is 7. The lowest BCUT2D eigenvalue weighted by Crippen LogP contribution is -2.27. The van der Waals surface area contributed by atoms with Crippen molar-refractivity contribution in [2.24, 2.45) is 5.73 Å². The predicted octanol–water partition coefficient (Wildman–Crippen LogP) is 0.564. The van der Waals surface area contributed by atoms with Gasteiger partial charge in [0, 0.05) is 30.7 Å². The molecule has 90 valence electrons. The summed E-state index contributed by atoms with van der Waals surface area (Å²) >= 11 is 1.64. The van der Waals surface area contributed by atoms with E-state index in [0.717, 1.165) is 23.1 Å². The number of aromatic nitrogens is 1. The average molecular weight is 242 g/mol. The van der Waals surface area contributed by atoms with Crippen molar-refractivity contribution < 1.29 is 4.79 Å². The lowest BCUT2D eigenvalue weighted by atomic mass is 10.5. The summed E-state index contributed by atoms with van der Waals surface area (Å²) in [5.41, 5.74) is 5.03. The van der Waals surface area contributed by atoms with Crippen molar-refractivity contribution in [1.82, 2.24) is 10.3 Å². The molecule has 0 fully saturated rings. The molecule has 0 saturated carbocycles. The van der Waals surface area contributed by atoms with Crippen LogP contribution in [0.4, 0.5) is 5.13 Å². The van der Waals surface area contributed by atoms with E-state index in [4.69, 9.17) is 5.73 Å². The zero-order chi connectivity index (χ0) is 12.0. The number of carbonyl (C=O) groups excluding carboxylic acids is 1. The number of primary amides is 1. The first-order chi connectivity index (χ1) is 7.67. The molecule has 0 aliphatic rings. The van der Waals surface area contributed by atoms with Crippen molar-refractivity contribution in [2.45, 2.75) is 20.4 Å². The third kappa shape index (κ3) is 3.79. The highest BCUT2D eigenvalue weighted by Crippen LogP contribution is 2.21. The number of nitrogens with one attached hydrogen (secondary N) is 1. The van der Waals surface area contributed by atoms with Crippen LogP contribution < -0.4 is 16.0 Å². The smallest absolute Gasteiger partial charge is 0.231 e. The van der Waals surface area contributed by atoms with Crippen LogP contribution in [-0.2, 0) is 11.3 Å². The van der Waals surface area contributed by atoms with Gasteiger partial charge < -0.3 is 16.0 Å². The van der Waals surface area contributed by atoms with Crippen LogP contribution in [0.3, 0.4) is 0 Å². The minimum atomic E-state index is -0.339. The van der Waals surface area contributed by atoms with E-state index in [1.165, 1.54) is 0 Å². The predicted molar refractivity (Wildman–Crippen MR) is 66.6 cm³/mol. The molecule has 1 aromatic rings. The molecule has 1 heterocycles. The highest BCUT2D eigenvalue weighted by molar-refractivity contribution is 7.15. The van der Waals surface area contributed by atoms with E-state index in [1.54, 1.807) is 11.3 Å². The molecule has 1 aromatic heterocycles. The van der Waals surface area contributed by atoms with Crippen molar-refractivity contribution >= 4 is 22.4 Å². The van der Waals surface area contributed by atoms with Gasteiger partial charge in [-0.15, -0.1) is 11.3 Å². The quantitative estimate of drug-likeness (QED) is 0.733. The maximum Gasteiger partial charge on any atom is 0.231 e. The Balaban J connectivity index is 2.47. The van der Waals surface area contributed by atoms with Crippen LogP contribution in [0.1, 0.15) is 18.7 Å². The van der Waals surface area contributed by atoms with Gasteiger partial charge in [0.15, 0.2) is 5.13 Å². The fourth-order valence-electron chi connectivity index (χ4n) is 1.33. The highest BCUT2D eigenvalue weighted by atomic mass is 32.1. The first-order valence-electron chi connectivity index (χ1n) is 5.36. The van der Waals surface area contributed by atoms with Crippen LogP contribution in [0.15, 0.2) is 6.20 Å². The Hall–Kier alpha value is -1.14. The molecular weight excluding hydrogens is 224 g/mol. The van der Waals surface area contributed by atoms with Crippen molar-refractivity contribution in [2.75, 3.05) is 24.5 Å². The molecule has 0 unspecified atom stereocenters. The van der Waals surface area contributed by atoms with Gasteiger partial charge in [0.25, 0.3) is 0 Å². The molecule has 6 heteroatoms. The van der Waals surface area contributed by atoms with Gasteiger partial charge in [-0.05, 0) is 13.8 Å². The Morgan fingerprint density at radius 3 is 2.81 bits per heavy atom. The number of anilines is 1. The summed E-state index contributed by atoms with van der Waals surface area (Å²) in [6.07, 6.45) is 1.84. The Labute approximate surface area is 99.7 Å². The van der Waals surface area contributed by atoms with Crippen molar-refractivity contribution in [1.29, 1.82) is 0 Å². The van der Waals surface area contributed by atoms with Gasteiger partial charge in [-0.3, -0.25) is 4.79 Å². The van der Waals surface area contributed by atoms with Crippen molar-refractivity contribution in [3.05, 3.63) is 11.1 Å². The maximum atomic E-state index is 10.5. The Kier molecular flexibility index (Phi) is 5.21. The minimum Gasteiger partial charge on any atom is -0.369 e. The number of hydrogen-bond acceptors (Lipinski definition) is 5. The van der Waals surface area contributed by atoms with Crippen LogP contribution in [0.5, 0.6) is 0 Å². The van der Waals surface area contributed by atoms with Gasteiger partial charge >= 0.3 is 0 Å². The van der Waals surface area contributed by atoms with Gasteiger partial charge in [-0.2, -0.15) is 0 Å². The topological polar surface area (TPSA) is 71.2 Å². The third-order valence-corrected chi connectivity index (χ3v) is 3.23. The molecule has 1 rings (SSSR count). The Morgan fingerprint density at radius 1 is 1.56 bits per heavy atom. The van der Waals surface area contributed by atoms with E-state index < -0.39 is 0 Å². The van der Waals surface area contributed by atoms with Gasteiger partial charge in [0.2, 0.25) is 5.91 Å². The van der Waals surface area contributed by atoms with Gasteiger partial charge in [0.05, 0.1) is 6.54 Å². The number of thiazole rings is 1. The lowest BCUT2D eigenvalue weighted by Gasteiger charge is -2.16. The molecule has 0 bridgehead atoms. The zero-order valence-electron chi connectivity index (χ0n) is 9.69. The summed E-state index contributed by atoms with van der Waals surface area (Å²) in [4.78, 5) is 18.2. The van der Waals surface area contributed by atoms with Gasteiger partial charge in [0.1, 0.15) is 0 Å². The van der Waals surface area contributed by atoms with Crippen molar-refractivity contribution in [3.8, 4) is 0 Å². The number of carbonyl (C=O) groups is 1. The van der Waals surface area contributed by atoms with E-state index in [9.17, 15) is 4.79 Å². The van der Waals surface area contributed by atoms with E-state index in [1.807, 2.05) is 6.20 Å². The first-order valence-corrected chi connectivity index (χ1v) is 6.17. The lowest BCUT2D eigenvalue weighted by molar-refractivity contribution is -0.117. The van der Waals surface area contributed by atoms with Crippen LogP contribution in [0.2, 0.25) is 0 Å². The molecule has 0 radical (unpaired) electrons. The summed E-state index contributed by atoms with van der Waals surface area (Å²) in [5, 5.41) is 4.00. The molecule has 0 saturated heterocycles. The second kappa shape index (κ2) is 6.44. The Morgan fingerprint density at radius 2 is 2.25 bits per heavy atom. The van der Waals surface area contributed by atoms with E-state index in [2.05, 4.69) is 29.0 Å². The highest BCUT2D eigenvalue weighted by Gasteiger charge is 2.07. The normalized spacial score (nSPS) is 10.4.